The van der Waals surface area contributed by atoms with E-state index in [2.05, 4.69) is 55.2 Å². The van der Waals surface area contributed by atoms with Crippen molar-refractivity contribution >= 4 is 11.6 Å². The van der Waals surface area contributed by atoms with Crippen molar-refractivity contribution < 1.29 is 31.1 Å². The Kier molecular flexibility index (Phi) is 15.5. The molecular weight excluding hydrogens is 548 g/mol. The average molecular weight is 596 g/mol. The van der Waals surface area contributed by atoms with Crippen LogP contribution in [0.2, 0.25) is 0 Å². The molecule has 0 radical (unpaired) electrons. The zero-order valence-corrected chi connectivity index (χ0v) is 25.8. The second kappa shape index (κ2) is 18.6. The Labute approximate surface area is 247 Å². The van der Waals surface area contributed by atoms with Crippen molar-refractivity contribution in [2.24, 2.45) is 0 Å². The van der Waals surface area contributed by atoms with E-state index in [1.165, 1.54) is 68.9 Å². The van der Waals surface area contributed by atoms with Crippen molar-refractivity contribution in [3.63, 3.8) is 0 Å². The summed E-state index contributed by atoms with van der Waals surface area (Å²) in [5, 5.41) is 3.14. The second-order valence-electron chi connectivity index (χ2n) is 10.6. The zero-order chi connectivity index (χ0) is 27.0. The lowest BCUT2D eigenvalue weighted by atomic mass is 10.1. The topological polar surface area (TPSA) is 42.2 Å². The van der Waals surface area contributed by atoms with Crippen LogP contribution in [-0.4, -0.2) is 12.5 Å². The maximum absolute atomic E-state index is 13.0. The van der Waals surface area contributed by atoms with Crippen molar-refractivity contribution in [3.8, 4) is 5.75 Å². The maximum Gasteiger partial charge on any atom is 0.228 e. The summed E-state index contributed by atoms with van der Waals surface area (Å²) in [6, 6.07) is 18.1. The van der Waals surface area contributed by atoms with Crippen molar-refractivity contribution in [1.29, 1.82) is 0 Å². The molecule has 0 fully saturated rings. The van der Waals surface area contributed by atoms with Crippen LogP contribution in [0.5, 0.6) is 5.75 Å². The molecule has 0 unspecified atom stereocenters. The summed E-state index contributed by atoms with van der Waals surface area (Å²) in [6.07, 6.45) is 17.6. The monoisotopic (exact) mass is 594 g/mol. The van der Waals surface area contributed by atoms with Crippen molar-refractivity contribution in [2.45, 2.75) is 97.9 Å². The van der Waals surface area contributed by atoms with Crippen LogP contribution in [0.3, 0.4) is 0 Å². The second-order valence-corrected chi connectivity index (χ2v) is 10.6. The molecule has 5 heteroatoms. The molecule has 1 heterocycles. The molecule has 212 valence electrons. The number of hydrogen-bond donors (Lipinski definition) is 1. The van der Waals surface area contributed by atoms with Crippen LogP contribution in [0, 0.1) is 13.8 Å². The number of carbonyl (C=O) groups is 1. The van der Waals surface area contributed by atoms with Gasteiger partial charge in [0, 0.05) is 22.3 Å². The molecule has 0 saturated carbocycles. The van der Waals surface area contributed by atoms with Crippen LogP contribution >= 0.6 is 0 Å². The zero-order valence-electron chi connectivity index (χ0n) is 24.2. The van der Waals surface area contributed by atoms with Gasteiger partial charge in [-0.2, -0.15) is 0 Å². The van der Waals surface area contributed by atoms with E-state index in [4.69, 9.17) is 4.74 Å². The van der Waals surface area contributed by atoms with Crippen molar-refractivity contribution in [2.75, 3.05) is 11.9 Å². The number of benzene rings is 2. The number of aromatic nitrogens is 1. The summed E-state index contributed by atoms with van der Waals surface area (Å²) in [5.41, 5.74) is 5.31. The molecule has 0 aliphatic rings. The summed E-state index contributed by atoms with van der Waals surface area (Å²) in [7, 11) is 0. The smallest absolute Gasteiger partial charge is 0.228 e. The van der Waals surface area contributed by atoms with Crippen LogP contribution in [0.1, 0.15) is 93.4 Å². The van der Waals surface area contributed by atoms with Gasteiger partial charge in [-0.1, -0.05) is 101 Å². The minimum Gasteiger partial charge on any atom is -1.00 e. The number of nitrogens with zero attached hydrogens (tertiary/aromatic N) is 1. The van der Waals surface area contributed by atoms with Gasteiger partial charge in [0.05, 0.1) is 18.7 Å². The largest absolute Gasteiger partial charge is 1.00 e. The number of aryl methyl sites for hydroxylation is 2. The van der Waals surface area contributed by atoms with E-state index >= 15 is 0 Å². The third kappa shape index (κ3) is 12.4. The minimum absolute atomic E-state index is 0. The number of pyridine rings is 1. The van der Waals surface area contributed by atoms with Crippen LogP contribution in [0.15, 0.2) is 67.0 Å². The van der Waals surface area contributed by atoms with Gasteiger partial charge in [-0.05, 0) is 38.5 Å². The molecule has 0 bridgehead atoms. The number of carbonyl (C=O) groups excluding carboxylic acids is 1. The summed E-state index contributed by atoms with van der Waals surface area (Å²) >= 11 is 0. The molecular formula is C34H47BrN2O2. The van der Waals surface area contributed by atoms with Gasteiger partial charge in [-0.3, -0.25) is 4.79 Å². The first-order valence-electron chi connectivity index (χ1n) is 14.6. The molecule has 0 aliphatic carbocycles. The number of nitrogens with one attached hydrogen (secondary N) is 1. The van der Waals surface area contributed by atoms with Crippen LogP contribution in [-0.2, 0) is 17.8 Å². The molecule has 2 aromatic carbocycles. The lowest BCUT2D eigenvalue weighted by Gasteiger charge is -2.13. The molecule has 4 nitrogen and oxygen atoms in total. The normalized spacial score (nSPS) is 10.6. The highest BCUT2D eigenvalue weighted by molar-refractivity contribution is 5.93. The number of unbranched alkanes of at least 4 members (excludes halogenated alkanes) is 9. The lowest BCUT2D eigenvalue weighted by molar-refractivity contribution is -0.688. The van der Waals surface area contributed by atoms with Crippen molar-refractivity contribution in [1.82, 2.24) is 0 Å². The lowest BCUT2D eigenvalue weighted by Crippen LogP contribution is -3.00. The fraction of sp³-hybridized carbons (Fsp3) is 0.471. The molecule has 39 heavy (non-hydrogen) atoms. The van der Waals surface area contributed by atoms with Gasteiger partial charge in [0.1, 0.15) is 5.75 Å². The molecule has 1 N–H and O–H groups in total. The molecule has 1 amide bonds. The van der Waals surface area contributed by atoms with Crippen LogP contribution < -0.4 is 31.6 Å². The Morgan fingerprint density at radius 3 is 2.00 bits per heavy atom. The first-order chi connectivity index (χ1) is 18.5. The minimum atomic E-state index is -0.0298. The van der Waals surface area contributed by atoms with Crippen molar-refractivity contribution in [3.05, 3.63) is 89.2 Å². The molecule has 0 aliphatic heterocycles. The number of halogens is 1. The van der Waals surface area contributed by atoms with Gasteiger partial charge < -0.3 is 27.0 Å². The molecule has 3 aromatic rings. The van der Waals surface area contributed by atoms with Crippen LogP contribution in [0.25, 0.3) is 0 Å². The third-order valence-corrected chi connectivity index (χ3v) is 6.92. The number of hydrogen-bond acceptors (Lipinski definition) is 2. The predicted octanol–water partition coefficient (Wildman–Crippen LogP) is 5.12. The number of rotatable bonds is 17. The third-order valence-electron chi connectivity index (χ3n) is 6.92. The number of anilines is 1. The Bertz CT molecular complexity index is 1110. The van der Waals surface area contributed by atoms with Gasteiger partial charge in [-0.15, -0.1) is 0 Å². The molecule has 0 spiro atoms. The molecule has 0 atom stereocenters. The number of amides is 1. The Morgan fingerprint density at radius 2 is 1.33 bits per heavy atom. The first-order valence-corrected chi connectivity index (χ1v) is 14.6. The summed E-state index contributed by atoms with van der Waals surface area (Å²) in [4.78, 5) is 13.0. The summed E-state index contributed by atoms with van der Waals surface area (Å²) in [6.45, 7) is 7.88. The fourth-order valence-corrected chi connectivity index (χ4v) is 4.99. The quantitative estimate of drug-likeness (QED) is 0.174. The summed E-state index contributed by atoms with van der Waals surface area (Å²) < 4.78 is 8.28. The Balaban J connectivity index is 0.00000533. The Morgan fingerprint density at radius 1 is 0.769 bits per heavy atom. The van der Waals surface area contributed by atoms with E-state index in [1.807, 2.05) is 42.5 Å². The van der Waals surface area contributed by atoms with E-state index in [-0.39, 0.29) is 22.9 Å². The maximum atomic E-state index is 13.0. The fourth-order valence-electron chi connectivity index (χ4n) is 4.99. The molecule has 3 rings (SSSR count). The van der Waals surface area contributed by atoms with Gasteiger partial charge in [0.15, 0.2) is 18.9 Å². The number of para-hydroxylation sites is 2. The highest BCUT2D eigenvalue weighted by atomic mass is 79.9. The van der Waals surface area contributed by atoms with E-state index in [0.717, 1.165) is 29.0 Å². The van der Waals surface area contributed by atoms with E-state index in [1.54, 1.807) is 0 Å². The highest BCUT2D eigenvalue weighted by Gasteiger charge is 2.14. The predicted molar refractivity (Wildman–Crippen MR) is 158 cm³/mol. The molecule has 0 saturated heterocycles. The highest BCUT2D eigenvalue weighted by Crippen LogP contribution is 2.21. The van der Waals surface area contributed by atoms with Crippen LogP contribution in [0.4, 0.5) is 5.69 Å². The Hall–Kier alpha value is -2.66. The first kappa shape index (κ1) is 32.6. The van der Waals surface area contributed by atoms with Gasteiger partial charge in [-0.25, -0.2) is 4.57 Å². The number of ether oxygens (including phenoxy) is 1. The molecule has 1 aromatic heterocycles. The van der Waals surface area contributed by atoms with Gasteiger partial charge in [0.2, 0.25) is 5.91 Å². The van der Waals surface area contributed by atoms with E-state index in [0.29, 0.717) is 19.6 Å². The SMILES string of the molecule is CCCCCCCCCCCCOc1ccccc1CC(=O)Nc1ccccc1C[n+]1cc(C)cc(C)c1.[Br-]. The summed E-state index contributed by atoms with van der Waals surface area (Å²) in [5.74, 6) is 0.788. The standard InChI is InChI=1S/C34H46N2O2.BrH/c1-4-5-6-7-8-9-10-11-12-17-22-38-33-21-16-14-18-30(33)24-34(37)35-32-20-15-13-19-31(32)27-36-25-28(2)23-29(3)26-36;/h13-16,18-21,23,25-26H,4-12,17,22,24,27H2,1-3H3;1H. The van der Waals surface area contributed by atoms with E-state index in [9.17, 15) is 4.79 Å². The van der Waals surface area contributed by atoms with Gasteiger partial charge in [0.25, 0.3) is 0 Å². The average Bonchev–Trinajstić information content (AvgIpc) is 2.89. The van der Waals surface area contributed by atoms with Gasteiger partial charge >= 0.3 is 0 Å². The van der Waals surface area contributed by atoms with E-state index < -0.39 is 0 Å².